The maximum absolute atomic E-state index is 13.8. The van der Waals surface area contributed by atoms with Crippen molar-refractivity contribution in [3.63, 3.8) is 0 Å². The van der Waals surface area contributed by atoms with E-state index in [0.29, 0.717) is 6.54 Å². The fourth-order valence-corrected chi connectivity index (χ4v) is 4.55. The standard InChI is InChI=1S/C20H21ClF2N4O4S/c1-32(31,26-19(29)30)14-5-2-4-13(12-14)24-18(28)15-6-7-16(21)25-17(15)27-10-3-8-20(22,23)9-11-27/h2,4-7,12H,3,8-11H2,1H3,(H,24,28)(H,29,30). The van der Waals surface area contributed by atoms with E-state index in [0.717, 1.165) is 0 Å². The molecule has 3 rings (SSSR count). The van der Waals surface area contributed by atoms with Gasteiger partial charge in [-0.3, -0.25) is 4.79 Å². The van der Waals surface area contributed by atoms with Crippen molar-refractivity contribution in [1.82, 2.24) is 4.98 Å². The Morgan fingerprint density at radius 2 is 2.00 bits per heavy atom. The molecule has 8 nitrogen and oxygen atoms in total. The van der Waals surface area contributed by atoms with E-state index in [1.54, 1.807) is 4.90 Å². The number of amides is 2. The Bertz CT molecular complexity index is 1170. The molecule has 1 aromatic carbocycles. The number of aromatic nitrogens is 1. The van der Waals surface area contributed by atoms with E-state index in [2.05, 4.69) is 14.7 Å². The van der Waals surface area contributed by atoms with Crippen molar-refractivity contribution in [2.24, 2.45) is 4.36 Å². The Morgan fingerprint density at radius 3 is 2.72 bits per heavy atom. The maximum atomic E-state index is 13.8. The van der Waals surface area contributed by atoms with Gasteiger partial charge in [-0.2, -0.15) is 0 Å². The van der Waals surface area contributed by atoms with Gasteiger partial charge >= 0.3 is 6.09 Å². The van der Waals surface area contributed by atoms with Crippen LogP contribution in [0.3, 0.4) is 0 Å². The SMILES string of the molecule is CS(=O)(=NC(=O)O)c1cccc(NC(=O)c2ccc(Cl)nc2N2CCCC(F)(F)CC2)c1. The summed E-state index contributed by atoms with van der Waals surface area (Å²) in [6.45, 7) is 0.317. The minimum absolute atomic E-state index is 0.0185. The molecule has 2 N–H and O–H groups in total. The molecule has 0 aliphatic carbocycles. The number of anilines is 2. The second-order valence-electron chi connectivity index (χ2n) is 7.36. The molecule has 0 saturated carbocycles. The summed E-state index contributed by atoms with van der Waals surface area (Å²) >= 11 is 6.00. The lowest BCUT2D eigenvalue weighted by molar-refractivity contribution is -0.0102. The molecule has 1 unspecified atom stereocenters. The summed E-state index contributed by atoms with van der Waals surface area (Å²) in [5.74, 6) is -3.15. The summed E-state index contributed by atoms with van der Waals surface area (Å²) < 4.78 is 43.3. The Balaban J connectivity index is 1.89. The third-order valence-electron chi connectivity index (χ3n) is 4.88. The van der Waals surface area contributed by atoms with Gasteiger partial charge in [-0.25, -0.2) is 22.8 Å². The lowest BCUT2D eigenvalue weighted by Crippen LogP contribution is -2.29. The molecule has 2 aromatic rings. The quantitative estimate of drug-likeness (QED) is 0.603. The molecule has 1 aliphatic heterocycles. The zero-order chi connectivity index (χ0) is 23.5. The van der Waals surface area contributed by atoms with Crippen molar-refractivity contribution in [2.45, 2.75) is 30.1 Å². The van der Waals surface area contributed by atoms with Crippen LogP contribution < -0.4 is 10.2 Å². The molecule has 1 fully saturated rings. The van der Waals surface area contributed by atoms with Gasteiger partial charge in [-0.15, -0.1) is 4.36 Å². The highest BCUT2D eigenvalue weighted by molar-refractivity contribution is 7.93. The number of halogens is 3. The zero-order valence-electron chi connectivity index (χ0n) is 17.1. The maximum Gasteiger partial charge on any atom is 0.439 e. The minimum Gasteiger partial charge on any atom is -0.463 e. The topological polar surface area (TPSA) is 112 Å². The van der Waals surface area contributed by atoms with Crippen LogP contribution in [0.25, 0.3) is 0 Å². The van der Waals surface area contributed by atoms with Gasteiger partial charge < -0.3 is 15.3 Å². The van der Waals surface area contributed by atoms with Crippen LogP contribution >= 0.6 is 11.6 Å². The number of nitrogens with zero attached hydrogens (tertiary/aromatic N) is 3. The second kappa shape index (κ2) is 9.37. The van der Waals surface area contributed by atoms with Crippen LogP contribution in [-0.4, -0.2) is 51.6 Å². The number of rotatable bonds is 4. The number of benzene rings is 1. The van der Waals surface area contributed by atoms with Gasteiger partial charge in [0.15, 0.2) is 0 Å². The molecule has 0 radical (unpaired) electrons. The van der Waals surface area contributed by atoms with E-state index in [4.69, 9.17) is 16.7 Å². The normalized spacial score (nSPS) is 17.7. The first kappa shape index (κ1) is 23.9. The highest BCUT2D eigenvalue weighted by atomic mass is 35.5. The smallest absolute Gasteiger partial charge is 0.439 e. The average molecular weight is 487 g/mol. The molecule has 0 spiro atoms. The van der Waals surface area contributed by atoms with E-state index in [1.165, 1.54) is 42.7 Å². The van der Waals surface area contributed by atoms with Gasteiger partial charge in [-0.05, 0) is 36.8 Å². The summed E-state index contributed by atoms with van der Waals surface area (Å²) in [7, 11) is -3.21. The number of carbonyl (C=O) groups excluding carboxylic acids is 1. The molecular weight excluding hydrogens is 466 g/mol. The van der Waals surface area contributed by atoms with Crippen LogP contribution in [0.5, 0.6) is 0 Å². The summed E-state index contributed by atoms with van der Waals surface area (Å²) in [5.41, 5.74) is 0.392. The summed E-state index contributed by atoms with van der Waals surface area (Å²) in [4.78, 5) is 29.8. The van der Waals surface area contributed by atoms with E-state index in [9.17, 15) is 22.6 Å². The highest BCUT2D eigenvalue weighted by Gasteiger charge is 2.33. The lowest BCUT2D eigenvalue weighted by Gasteiger charge is -2.24. The van der Waals surface area contributed by atoms with Gasteiger partial charge in [0.05, 0.1) is 15.3 Å². The van der Waals surface area contributed by atoms with Crippen LogP contribution in [-0.2, 0) is 9.73 Å². The highest BCUT2D eigenvalue weighted by Crippen LogP contribution is 2.31. The fourth-order valence-electron chi connectivity index (χ4n) is 3.33. The predicted molar refractivity (Wildman–Crippen MR) is 117 cm³/mol. The number of nitrogens with one attached hydrogen (secondary N) is 1. The Morgan fingerprint density at radius 1 is 1.25 bits per heavy atom. The zero-order valence-corrected chi connectivity index (χ0v) is 18.6. The molecule has 1 atom stereocenters. The third-order valence-corrected chi connectivity index (χ3v) is 6.73. The molecule has 1 aliphatic rings. The van der Waals surface area contributed by atoms with Gasteiger partial charge in [0.2, 0.25) is 5.92 Å². The van der Waals surface area contributed by atoms with E-state index >= 15 is 0 Å². The molecule has 2 heterocycles. The lowest BCUT2D eigenvalue weighted by atomic mass is 10.1. The van der Waals surface area contributed by atoms with Gasteiger partial charge in [0.1, 0.15) is 11.0 Å². The van der Waals surface area contributed by atoms with Crippen molar-refractivity contribution < 1.29 is 27.7 Å². The summed E-state index contributed by atoms with van der Waals surface area (Å²) in [6.07, 6.45) is -0.745. The van der Waals surface area contributed by atoms with Crippen molar-refractivity contribution in [1.29, 1.82) is 0 Å². The minimum atomic E-state index is -3.21. The average Bonchev–Trinajstić information content (AvgIpc) is 2.87. The van der Waals surface area contributed by atoms with E-state index in [-0.39, 0.29) is 52.9 Å². The molecule has 32 heavy (non-hydrogen) atoms. The Kier molecular flexibility index (Phi) is 6.99. The number of carbonyl (C=O) groups is 2. The van der Waals surface area contributed by atoms with Crippen molar-refractivity contribution >= 4 is 44.8 Å². The predicted octanol–water partition coefficient (Wildman–Crippen LogP) is 4.75. The molecular formula is C20H21ClF2N4O4S. The number of alkyl halides is 2. The van der Waals surface area contributed by atoms with Crippen molar-refractivity contribution in [3.8, 4) is 0 Å². The third kappa shape index (κ3) is 5.92. The molecule has 1 saturated heterocycles. The summed E-state index contributed by atoms with van der Waals surface area (Å²) in [5, 5.41) is 11.6. The second-order valence-corrected chi connectivity index (χ2v) is 10.0. The van der Waals surface area contributed by atoms with E-state index < -0.39 is 27.7 Å². The van der Waals surface area contributed by atoms with Crippen LogP contribution in [0, 0.1) is 0 Å². The van der Waals surface area contributed by atoms with Crippen LogP contribution in [0.15, 0.2) is 45.7 Å². The molecule has 1 aromatic heterocycles. The van der Waals surface area contributed by atoms with Crippen molar-refractivity contribution in [2.75, 3.05) is 29.6 Å². The van der Waals surface area contributed by atoms with Crippen LogP contribution in [0.1, 0.15) is 29.6 Å². The Labute approximate surface area is 188 Å². The first-order valence-corrected chi connectivity index (χ1v) is 11.9. The largest absolute Gasteiger partial charge is 0.463 e. The number of hydrogen-bond donors (Lipinski definition) is 2. The first-order chi connectivity index (χ1) is 15.0. The Hall–Kier alpha value is -2.79. The number of hydrogen-bond acceptors (Lipinski definition) is 5. The van der Waals surface area contributed by atoms with Gasteiger partial charge in [0, 0.05) is 42.8 Å². The molecule has 2 amide bonds. The molecule has 172 valence electrons. The number of pyridine rings is 1. The van der Waals surface area contributed by atoms with Crippen molar-refractivity contribution in [3.05, 3.63) is 47.1 Å². The van der Waals surface area contributed by atoms with Gasteiger partial charge in [-0.1, -0.05) is 17.7 Å². The van der Waals surface area contributed by atoms with Gasteiger partial charge in [0.25, 0.3) is 5.91 Å². The number of carboxylic acid groups (broad SMARTS) is 1. The monoisotopic (exact) mass is 486 g/mol. The van der Waals surface area contributed by atoms with E-state index in [1.807, 2.05) is 0 Å². The van der Waals surface area contributed by atoms with Crippen LogP contribution in [0.2, 0.25) is 5.15 Å². The first-order valence-electron chi connectivity index (χ1n) is 9.63. The van der Waals surface area contributed by atoms with Crippen LogP contribution in [0.4, 0.5) is 25.1 Å². The fraction of sp³-hybridized carbons (Fsp3) is 0.350. The molecule has 12 heteroatoms. The molecule has 0 bridgehead atoms. The summed E-state index contributed by atoms with van der Waals surface area (Å²) in [6, 6.07) is 8.72.